The average Bonchev–Trinajstić information content (AvgIpc) is 1.83. The monoisotopic (exact) mass is 130 g/mol. The van der Waals surface area contributed by atoms with Gasteiger partial charge in [0.2, 0.25) is 0 Å². The fourth-order valence-corrected chi connectivity index (χ4v) is 1.20. The number of aliphatic hydroxyl groups is 1. The Morgan fingerprint density at radius 1 is 1.22 bits per heavy atom. The van der Waals surface area contributed by atoms with Crippen LogP contribution >= 0.6 is 0 Å². The molecule has 0 aromatic heterocycles. The van der Waals surface area contributed by atoms with E-state index >= 15 is 0 Å². The lowest BCUT2D eigenvalue weighted by atomic mass is 9.92. The van der Waals surface area contributed by atoms with Gasteiger partial charge in [-0.2, -0.15) is 0 Å². The maximum Gasteiger partial charge on any atom is 0.0635 e. The van der Waals surface area contributed by atoms with Gasteiger partial charge >= 0.3 is 0 Å². The van der Waals surface area contributed by atoms with Gasteiger partial charge in [-0.15, -0.1) is 0 Å². The maximum absolute atomic E-state index is 9.37. The minimum absolute atomic E-state index is 0.154. The molecule has 1 saturated heterocycles. The van der Waals surface area contributed by atoms with Crippen molar-refractivity contribution in [2.45, 2.75) is 20.0 Å². The van der Waals surface area contributed by atoms with Gasteiger partial charge in [0.1, 0.15) is 0 Å². The van der Waals surface area contributed by atoms with Crippen LogP contribution in [0.15, 0.2) is 0 Å². The van der Waals surface area contributed by atoms with E-state index < -0.39 is 0 Å². The Hall–Kier alpha value is -0.0800. The van der Waals surface area contributed by atoms with Crippen LogP contribution < -0.4 is 0 Å². The van der Waals surface area contributed by atoms with Gasteiger partial charge in [0.25, 0.3) is 0 Å². The van der Waals surface area contributed by atoms with Crippen molar-refractivity contribution < 1.29 is 9.84 Å². The van der Waals surface area contributed by atoms with Crippen molar-refractivity contribution in [1.82, 2.24) is 0 Å². The predicted octanol–water partition coefficient (Wildman–Crippen LogP) is 0.650. The van der Waals surface area contributed by atoms with Crippen molar-refractivity contribution in [2.24, 2.45) is 11.8 Å². The molecule has 2 atom stereocenters. The lowest BCUT2D eigenvalue weighted by Gasteiger charge is -2.30. The molecule has 0 aromatic rings. The van der Waals surface area contributed by atoms with E-state index in [0.29, 0.717) is 25.0 Å². The molecule has 0 saturated carbocycles. The fraction of sp³-hybridized carbons (Fsp3) is 1.00. The van der Waals surface area contributed by atoms with Crippen LogP contribution in [0.25, 0.3) is 0 Å². The van der Waals surface area contributed by atoms with Crippen LogP contribution in [0.2, 0.25) is 0 Å². The lowest BCUT2D eigenvalue weighted by molar-refractivity contribution is -0.0670. The summed E-state index contributed by atoms with van der Waals surface area (Å²) in [5.41, 5.74) is 0. The zero-order valence-corrected chi connectivity index (χ0v) is 6.00. The summed E-state index contributed by atoms with van der Waals surface area (Å²) in [6, 6.07) is 0. The molecule has 1 rings (SSSR count). The average molecular weight is 130 g/mol. The summed E-state index contributed by atoms with van der Waals surface area (Å²) >= 11 is 0. The molecule has 0 spiro atoms. The first-order valence-corrected chi connectivity index (χ1v) is 3.47. The number of hydrogen-bond donors (Lipinski definition) is 1. The third-order valence-corrected chi connectivity index (χ3v) is 1.93. The number of hydrogen-bond acceptors (Lipinski definition) is 2. The van der Waals surface area contributed by atoms with Crippen LogP contribution in [0.4, 0.5) is 0 Å². The van der Waals surface area contributed by atoms with Crippen molar-refractivity contribution in [2.75, 3.05) is 13.2 Å². The van der Waals surface area contributed by atoms with Crippen molar-refractivity contribution in [1.29, 1.82) is 0 Å². The standard InChI is InChI=1S/C7H14O2/c1-5-3-9-4-6(2)7(5)8/h5-8H,3-4H2,1-2H3. The van der Waals surface area contributed by atoms with Gasteiger partial charge in [-0.1, -0.05) is 13.8 Å². The van der Waals surface area contributed by atoms with Crippen molar-refractivity contribution >= 4 is 0 Å². The Kier molecular flexibility index (Phi) is 2.09. The summed E-state index contributed by atoms with van der Waals surface area (Å²) in [4.78, 5) is 0. The Bertz CT molecular complexity index is 82.9. The Morgan fingerprint density at radius 3 is 2.00 bits per heavy atom. The molecule has 9 heavy (non-hydrogen) atoms. The predicted molar refractivity (Wildman–Crippen MR) is 35.2 cm³/mol. The molecular weight excluding hydrogens is 116 g/mol. The van der Waals surface area contributed by atoms with Gasteiger partial charge in [-0.3, -0.25) is 0 Å². The van der Waals surface area contributed by atoms with E-state index in [2.05, 4.69) is 0 Å². The molecule has 0 radical (unpaired) electrons. The minimum Gasteiger partial charge on any atom is -0.392 e. The molecule has 0 aliphatic carbocycles. The molecule has 2 nitrogen and oxygen atoms in total. The highest BCUT2D eigenvalue weighted by atomic mass is 16.5. The molecule has 0 bridgehead atoms. The first-order chi connectivity index (χ1) is 4.22. The molecule has 54 valence electrons. The third-order valence-electron chi connectivity index (χ3n) is 1.93. The van der Waals surface area contributed by atoms with Gasteiger partial charge in [0.05, 0.1) is 19.3 Å². The highest BCUT2D eigenvalue weighted by Crippen LogP contribution is 2.18. The Labute approximate surface area is 55.8 Å². The first kappa shape index (κ1) is 7.03. The zero-order valence-electron chi connectivity index (χ0n) is 6.00. The van der Waals surface area contributed by atoms with E-state index in [1.807, 2.05) is 13.8 Å². The fourth-order valence-electron chi connectivity index (χ4n) is 1.20. The van der Waals surface area contributed by atoms with Crippen LogP contribution in [-0.4, -0.2) is 24.4 Å². The van der Waals surface area contributed by atoms with Crippen LogP contribution in [-0.2, 0) is 4.74 Å². The second kappa shape index (κ2) is 2.67. The molecule has 1 N–H and O–H groups in total. The number of ether oxygens (including phenoxy) is 1. The highest BCUT2D eigenvalue weighted by molar-refractivity contribution is 4.73. The largest absolute Gasteiger partial charge is 0.392 e. The summed E-state index contributed by atoms with van der Waals surface area (Å²) in [7, 11) is 0. The van der Waals surface area contributed by atoms with Crippen molar-refractivity contribution in [3.05, 3.63) is 0 Å². The van der Waals surface area contributed by atoms with Gasteiger partial charge in [0, 0.05) is 11.8 Å². The summed E-state index contributed by atoms with van der Waals surface area (Å²) < 4.78 is 5.20. The van der Waals surface area contributed by atoms with E-state index in [0.717, 1.165) is 0 Å². The summed E-state index contributed by atoms with van der Waals surface area (Å²) in [6.45, 7) is 5.46. The minimum atomic E-state index is -0.154. The van der Waals surface area contributed by atoms with E-state index in [4.69, 9.17) is 4.74 Å². The smallest absolute Gasteiger partial charge is 0.0635 e. The van der Waals surface area contributed by atoms with E-state index in [9.17, 15) is 5.11 Å². The van der Waals surface area contributed by atoms with Gasteiger partial charge in [0.15, 0.2) is 0 Å². The lowest BCUT2D eigenvalue weighted by Crippen LogP contribution is -2.36. The van der Waals surface area contributed by atoms with Gasteiger partial charge < -0.3 is 9.84 Å². The van der Waals surface area contributed by atoms with E-state index in [1.54, 1.807) is 0 Å². The molecule has 0 amide bonds. The molecule has 1 heterocycles. The molecule has 1 fully saturated rings. The molecule has 0 aromatic carbocycles. The van der Waals surface area contributed by atoms with Crippen molar-refractivity contribution in [3.8, 4) is 0 Å². The van der Waals surface area contributed by atoms with Gasteiger partial charge in [-0.05, 0) is 0 Å². The second-order valence-corrected chi connectivity index (χ2v) is 2.98. The van der Waals surface area contributed by atoms with Crippen LogP contribution in [0.3, 0.4) is 0 Å². The normalized spacial score (nSPS) is 45.0. The zero-order chi connectivity index (χ0) is 6.85. The molecule has 2 unspecified atom stereocenters. The summed E-state index contributed by atoms with van der Waals surface area (Å²) in [5, 5.41) is 9.37. The Morgan fingerprint density at radius 2 is 1.67 bits per heavy atom. The van der Waals surface area contributed by atoms with Crippen molar-refractivity contribution in [3.63, 3.8) is 0 Å². The van der Waals surface area contributed by atoms with Crippen LogP contribution in [0.1, 0.15) is 13.8 Å². The topological polar surface area (TPSA) is 29.5 Å². The number of rotatable bonds is 0. The Balaban J connectivity index is 2.41. The third kappa shape index (κ3) is 1.43. The summed E-state index contributed by atoms with van der Waals surface area (Å²) in [5.74, 6) is 0.627. The van der Waals surface area contributed by atoms with E-state index in [-0.39, 0.29) is 6.10 Å². The molecule has 1 aliphatic rings. The molecule has 1 aliphatic heterocycles. The first-order valence-electron chi connectivity index (χ1n) is 3.47. The van der Waals surface area contributed by atoms with Crippen LogP contribution in [0.5, 0.6) is 0 Å². The SMILES string of the molecule is CC1COCC(C)C1O. The van der Waals surface area contributed by atoms with Crippen LogP contribution in [0, 0.1) is 11.8 Å². The van der Waals surface area contributed by atoms with Gasteiger partial charge in [-0.25, -0.2) is 0 Å². The van der Waals surface area contributed by atoms with E-state index in [1.165, 1.54) is 0 Å². The highest BCUT2D eigenvalue weighted by Gasteiger charge is 2.25. The quantitative estimate of drug-likeness (QED) is 0.521. The number of aliphatic hydroxyl groups excluding tert-OH is 1. The summed E-state index contributed by atoms with van der Waals surface area (Å²) in [6.07, 6.45) is -0.154. The maximum atomic E-state index is 9.37. The molecule has 2 heteroatoms. The molecular formula is C7H14O2. The second-order valence-electron chi connectivity index (χ2n) is 2.98.